The summed E-state index contributed by atoms with van der Waals surface area (Å²) in [6.45, 7) is 6.21. The lowest BCUT2D eigenvalue weighted by atomic mass is 10.1. The number of nitrogens with zero attached hydrogens (tertiary/aromatic N) is 4. The van der Waals surface area contributed by atoms with Crippen molar-refractivity contribution in [3.05, 3.63) is 30.2 Å². The molecule has 0 aliphatic heterocycles. The van der Waals surface area contributed by atoms with E-state index in [1.54, 1.807) is 12.4 Å². The van der Waals surface area contributed by atoms with Crippen LogP contribution in [-0.2, 0) is 0 Å². The highest BCUT2D eigenvalue weighted by molar-refractivity contribution is 5.88. The van der Waals surface area contributed by atoms with E-state index in [2.05, 4.69) is 38.8 Å². The Hall–Kier alpha value is -2.76. The van der Waals surface area contributed by atoms with E-state index < -0.39 is 0 Å². The Labute approximate surface area is 134 Å². The van der Waals surface area contributed by atoms with E-state index in [0.29, 0.717) is 23.1 Å². The van der Waals surface area contributed by atoms with Crippen molar-refractivity contribution in [1.82, 2.24) is 19.9 Å². The van der Waals surface area contributed by atoms with Crippen molar-refractivity contribution < 1.29 is 0 Å². The fourth-order valence-corrected chi connectivity index (χ4v) is 2.24. The first kappa shape index (κ1) is 15.1. The predicted molar refractivity (Wildman–Crippen MR) is 94.1 cm³/mol. The molecule has 0 unspecified atom stereocenters. The lowest BCUT2D eigenvalue weighted by Crippen LogP contribution is -1.95. The molecule has 0 aliphatic rings. The molecule has 0 amide bonds. The van der Waals surface area contributed by atoms with Gasteiger partial charge in [0.1, 0.15) is 5.69 Å². The molecule has 0 spiro atoms. The number of nitrogens with two attached hydrogens (primary N) is 1. The highest BCUT2D eigenvalue weighted by atomic mass is 15.0. The summed E-state index contributed by atoms with van der Waals surface area (Å²) in [5, 5.41) is 0. The molecule has 3 aromatic rings. The lowest BCUT2D eigenvalue weighted by Gasteiger charge is -2.03. The number of nitrogens with one attached hydrogen (secondary N) is 1. The van der Waals surface area contributed by atoms with Crippen LogP contribution in [0, 0.1) is 0 Å². The lowest BCUT2D eigenvalue weighted by molar-refractivity contribution is 0.812. The minimum Gasteiger partial charge on any atom is -0.397 e. The van der Waals surface area contributed by atoms with Gasteiger partial charge in [-0.3, -0.25) is 9.98 Å². The molecule has 6 nitrogen and oxygen atoms in total. The van der Waals surface area contributed by atoms with Gasteiger partial charge in [0.15, 0.2) is 5.82 Å². The Morgan fingerprint density at radius 3 is 2.74 bits per heavy atom. The minimum absolute atomic E-state index is 0.353. The van der Waals surface area contributed by atoms with E-state index in [9.17, 15) is 0 Å². The second-order valence-electron chi connectivity index (χ2n) is 5.71. The Bertz CT molecular complexity index is 845. The van der Waals surface area contributed by atoms with Gasteiger partial charge in [-0.2, -0.15) is 0 Å². The van der Waals surface area contributed by atoms with Gasteiger partial charge in [-0.15, -0.1) is 0 Å². The largest absolute Gasteiger partial charge is 0.397 e. The molecule has 23 heavy (non-hydrogen) atoms. The monoisotopic (exact) mass is 308 g/mol. The third kappa shape index (κ3) is 3.06. The molecule has 0 aliphatic carbocycles. The Morgan fingerprint density at radius 2 is 2.09 bits per heavy atom. The molecule has 0 atom stereocenters. The molecule has 3 N–H and O–H groups in total. The van der Waals surface area contributed by atoms with Gasteiger partial charge in [-0.05, 0) is 24.5 Å². The summed E-state index contributed by atoms with van der Waals surface area (Å²) in [7, 11) is 0. The van der Waals surface area contributed by atoms with Gasteiger partial charge in [-0.1, -0.05) is 20.8 Å². The van der Waals surface area contributed by atoms with Crippen LogP contribution in [0.2, 0.25) is 0 Å². The van der Waals surface area contributed by atoms with Crippen molar-refractivity contribution >= 4 is 28.6 Å². The van der Waals surface area contributed by atoms with E-state index in [1.807, 2.05) is 25.3 Å². The standard InChI is InChI=1S/C17H20N6/c1-4-5-19-12-7-14-13(6-11(12)18)22-17(23-14)16-9-20-15(8-21-16)10(2)3/h5-10H,4,18H2,1-3H3,(H,22,23). The first-order valence-corrected chi connectivity index (χ1v) is 7.72. The molecule has 2 aromatic heterocycles. The number of rotatable bonds is 4. The van der Waals surface area contributed by atoms with Crippen LogP contribution in [-0.4, -0.2) is 26.2 Å². The van der Waals surface area contributed by atoms with E-state index in [-0.39, 0.29) is 0 Å². The van der Waals surface area contributed by atoms with Crippen molar-refractivity contribution in [2.75, 3.05) is 5.73 Å². The fourth-order valence-electron chi connectivity index (χ4n) is 2.24. The van der Waals surface area contributed by atoms with Crippen LogP contribution >= 0.6 is 0 Å². The molecule has 0 bridgehead atoms. The van der Waals surface area contributed by atoms with Crippen LogP contribution in [0.15, 0.2) is 29.5 Å². The zero-order valence-electron chi connectivity index (χ0n) is 13.5. The highest BCUT2D eigenvalue weighted by Gasteiger charge is 2.10. The van der Waals surface area contributed by atoms with E-state index >= 15 is 0 Å². The minimum atomic E-state index is 0.353. The summed E-state index contributed by atoms with van der Waals surface area (Å²) >= 11 is 0. The zero-order valence-corrected chi connectivity index (χ0v) is 13.5. The number of anilines is 1. The maximum absolute atomic E-state index is 6.04. The summed E-state index contributed by atoms with van der Waals surface area (Å²) in [6.07, 6.45) is 6.23. The van der Waals surface area contributed by atoms with Crippen molar-refractivity contribution in [2.24, 2.45) is 4.99 Å². The molecule has 0 saturated heterocycles. The van der Waals surface area contributed by atoms with Gasteiger partial charge in [0.2, 0.25) is 0 Å². The van der Waals surface area contributed by atoms with Crippen LogP contribution in [0.5, 0.6) is 0 Å². The number of imidazole rings is 1. The summed E-state index contributed by atoms with van der Waals surface area (Å²) in [5.74, 6) is 1.03. The molecule has 0 radical (unpaired) electrons. The first-order chi connectivity index (χ1) is 11.1. The Kier molecular flexibility index (Phi) is 4.06. The SMILES string of the molecule is CCC=Nc1cc2nc(-c3cnc(C(C)C)cn3)[nH]c2cc1N. The van der Waals surface area contributed by atoms with Crippen molar-refractivity contribution in [2.45, 2.75) is 33.1 Å². The van der Waals surface area contributed by atoms with Gasteiger partial charge in [0.25, 0.3) is 0 Å². The van der Waals surface area contributed by atoms with Crippen LogP contribution < -0.4 is 5.73 Å². The topological polar surface area (TPSA) is 92.8 Å². The molecule has 2 heterocycles. The van der Waals surface area contributed by atoms with Crippen LogP contribution in [0.25, 0.3) is 22.6 Å². The summed E-state index contributed by atoms with van der Waals surface area (Å²) in [5.41, 5.74) is 10.7. The smallest absolute Gasteiger partial charge is 0.158 e. The Balaban J connectivity index is 2.01. The summed E-state index contributed by atoms with van der Waals surface area (Å²) in [6, 6.07) is 3.73. The number of hydrogen-bond acceptors (Lipinski definition) is 5. The van der Waals surface area contributed by atoms with E-state index in [0.717, 1.165) is 28.8 Å². The van der Waals surface area contributed by atoms with Gasteiger partial charge >= 0.3 is 0 Å². The van der Waals surface area contributed by atoms with Crippen molar-refractivity contribution in [3.8, 4) is 11.5 Å². The zero-order chi connectivity index (χ0) is 16.4. The van der Waals surface area contributed by atoms with Crippen molar-refractivity contribution in [1.29, 1.82) is 0 Å². The maximum Gasteiger partial charge on any atom is 0.158 e. The van der Waals surface area contributed by atoms with Gasteiger partial charge in [-0.25, -0.2) is 9.97 Å². The molecule has 3 rings (SSSR count). The average molecular weight is 308 g/mol. The van der Waals surface area contributed by atoms with Crippen LogP contribution in [0.1, 0.15) is 38.8 Å². The van der Waals surface area contributed by atoms with Gasteiger partial charge < -0.3 is 10.7 Å². The summed E-state index contributed by atoms with van der Waals surface area (Å²) < 4.78 is 0. The predicted octanol–water partition coefficient (Wildman–Crippen LogP) is 3.84. The number of benzene rings is 1. The van der Waals surface area contributed by atoms with E-state index in [1.165, 1.54) is 0 Å². The number of aliphatic imine (C=N–C) groups is 1. The van der Waals surface area contributed by atoms with Crippen molar-refractivity contribution in [3.63, 3.8) is 0 Å². The highest BCUT2D eigenvalue weighted by Crippen LogP contribution is 2.28. The van der Waals surface area contributed by atoms with Crippen LogP contribution in [0.3, 0.4) is 0 Å². The Morgan fingerprint density at radius 1 is 1.26 bits per heavy atom. The number of aromatic amines is 1. The molecule has 0 saturated carbocycles. The maximum atomic E-state index is 6.04. The molecule has 0 fully saturated rings. The molecule has 118 valence electrons. The molecule has 6 heteroatoms. The van der Waals surface area contributed by atoms with Gasteiger partial charge in [0, 0.05) is 12.4 Å². The number of hydrogen-bond donors (Lipinski definition) is 2. The van der Waals surface area contributed by atoms with Gasteiger partial charge in [0.05, 0.1) is 34.3 Å². The number of aromatic nitrogens is 4. The number of H-pyrrole nitrogens is 1. The third-order valence-electron chi connectivity index (χ3n) is 3.55. The molecular weight excluding hydrogens is 288 g/mol. The quantitative estimate of drug-likeness (QED) is 0.565. The number of nitrogen functional groups attached to an aromatic ring is 1. The average Bonchev–Trinajstić information content (AvgIpc) is 2.95. The molecular formula is C17H20N6. The fraction of sp³-hybridized carbons (Fsp3) is 0.294. The number of fused-ring (bicyclic) bond motifs is 1. The second kappa shape index (κ2) is 6.16. The van der Waals surface area contributed by atoms with Crippen LogP contribution in [0.4, 0.5) is 11.4 Å². The third-order valence-corrected chi connectivity index (χ3v) is 3.55. The second-order valence-corrected chi connectivity index (χ2v) is 5.71. The summed E-state index contributed by atoms with van der Waals surface area (Å²) in [4.78, 5) is 21.0. The normalized spacial score (nSPS) is 11.8. The first-order valence-electron chi connectivity index (χ1n) is 7.72. The van der Waals surface area contributed by atoms with E-state index in [4.69, 9.17) is 5.73 Å². The molecule has 1 aromatic carbocycles.